The number of anilines is 1. The Morgan fingerprint density at radius 3 is 2.16 bits per heavy atom. The lowest BCUT2D eigenvalue weighted by Gasteiger charge is -2.53. The van der Waals surface area contributed by atoms with E-state index in [-0.39, 0.29) is 52.9 Å². The minimum atomic E-state index is -4.49. The summed E-state index contributed by atoms with van der Waals surface area (Å²) in [6, 6.07) is 9.57. The van der Waals surface area contributed by atoms with Gasteiger partial charge in [-0.25, -0.2) is 27.7 Å². The topological polar surface area (TPSA) is 160 Å². The summed E-state index contributed by atoms with van der Waals surface area (Å²) in [7, 11) is -4.39. The van der Waals surface area contributed by atoms with Crippen molar-refractivity contribution in [3.05, 3.63) is 64.7 Å². The van der Waals surface area contributed by atoms with Crippen LogP contribution < -0.4 is 14.8 Å². The van der Waals surface area contributed by atoms with Crippen molar-refractivity contribution in [2.45, 2.75) is 116 Å². The van der Waals surface area contributed by atoms with Crippen molar-refractivity contribution in [1.82, 2.24) is 20.2 Å². The number of aromatic carboxylic acids is 1. The lowest BCUT2D eigenvalue weighted by atomic mass is 9.60. The molecule has 1 aliphatic heterocycles. The zero-order valence-corrected chi connectivity index (χ0v) is 33.9. The molecule has 0 bridgehead atoms. The number of carbonyl (C=O) groups excluding carboxylic acids is 1. The van der Waals surface area contributed by atoms with Crippen LogP contribution in [0.4, 0.5) is 23.9 Å². The van der Waals surface area contributed by atoms with E-state index in [2.05, 4.69) is 20.0 Å². The number of benzene rings is 2. The number of sulfonamides is 1. The maximum absolute atomic E-state index is 14.3. The van der Waals surface area contributed by atoms with Crippen LogP contribution in [-0.2, 0) is 14.8 Å². The molecule has 2 aliphatic rings. The molecular weight excluding hydrogens is 752 g/mol. The molecule has 16 heteroatoms. The average Bonchev–Trinajstić information content (AvgIpc) is 3.06. The Labute approximate surface area is 326 Å². The normalized spacial score (nSPS) is 16.9. The van der Waals surface area contributed by atoms with Gasteiger partial charge in [0.25, 0.3) is 10.0 Å². The number of hydrogen-bond acceptors (Lipinski definition) is 9. The molecule has 1 aliphatic carbocycles. The third kappa shape index (κ3) is 9.92. The van der Waals surface area contributed by atoms with Gasteiger partial charge in [-0.2, -0.15) is 18.2 Å². The van der Waals surface area contributed by atoms with Crippen molar-refractivity contribution in [1.29, 1.82) is 0 Å². The first-order chi connectivity index (χ1) is 25.9. The number of rotatable bonds is 12. The number of likely N-dealkylation sites (tertiary alicyclic amines) is 1. The smallest absolute Gasteiger partial charge is 0.410 e. The molecule has 5 rings (SSSR count). The van der Waals surface area contributed by atoms with Crippen molar-refractivity contribution in [2.24, 2.45) is 10.8 Å². The molecule has 1 saturated carbocycles. The van der Waals surface area contributed by atoms with E-state index in [0.717, 1.165) is 56.7 Å². The summed E-state index contributed by atoms with van der Waals surface area (Å²) < 4.78 is 83.9. The third-order valence-corrected chi connectivity index (χ3v) is 12.0. The number of carboxylic acids is 1. The van der Waals surface area contributed by atoms with E-state index in [1.165, 1.54) is 18.2 Å². The van der Waals surface area contributed by atoms with Gasteiger partial charge in [-0.1, -0.05) is 38.1 Å². The number of aryl methyl sites for hydroxylation is 2. The summed E-state index contributed by atoms with van der Waals surface area (Å²) in [5.74, 6) is -1.69. The number of halogens is 3. The summed E-state index contributed by atoms with van der Waals surface area (Å²) in [4.78, 5) is 34.5. The highest BCUT2D eigenvalue weighted by Gasteiger charge is 2.50. The van der Waals surface area contributed by atoms with Crippen molar-refractivity contribution in [2.75, 3.05) is 24.4 Å². The fourth-order valence-electron chi connectivity index (χ4n) is 7.50. The van der Waals surface area contributed by atoms with E-state index in [1.54, 1.807) is 11.8 Å². The molecule has 0 radical (unpaired) electrons. The number of ether oxygens (including phenoxy) is 2. The highest BCUT2D eigenvalue weighted by molar-refractivity contribution is 7.92. The van der Waals surface area contributed by atoms with Crippen LogP contribution >= 0.6 is 0 Å². The first-order valence-electron chi connectivity index (χ1n) is 18.6. The summed E-state index contributed by atoms with van der Waals surface area (Å²) in [6.45, 7) is 14.1. The Hall–Kier alpha value is -4.44. The van der Waals surface area contributed by atoms with E-state index in [4.69, 9.17) is 9.47 Å². The van der Waals surface area contributed by atoms with Crippen molar-refractivity contribution >= 4 is 28.0 Å². The van der Waals surface area contributed by atoms with Crippen LogP contribution in [0.15, 0.2) is 47.4 Å². The third-order valence-electron chi connectivity index (χ3n) is 10.7. The van der Waals surface area contributed by atoms with Crippen molar-refractivity contribution < 1.29 is 45.8 Å². The van der Waals surface area contributed by atoms with Gasteiger partial charge in [0.15, 0.2) is 0 Å². The fraction of sp³-hybridized carbons (Fsp3) is 0.550. The van der Waals surface area contributed by atoms with Crippen LogP contribution in [0, 0.1) is 31.6 Å². The molecule has 1 aromatic heterocycles. The molecule has 306 valence electrons. The second-order valence-corrected chi connectivity index (χ2v) is 18.5. The Morgan fingerprint density at radius 1 is 0.982 bits per heavy atom. The second kappa shape index (κ2) is 15.8. The first-order valence-corrected chi connectivity index (χ1v) is 20.1. The molecule has 2 fully saturated rings. The number of aromatic nitrogens is 2. The standard InChI is InChI=1S/C40H52F3N5O7S/c1-24-11-9-12-25(2)31(24)32-26(3)33(46-35(45-32)47-56(52,53)30-14-10-13-27(19-30)34(49)50)54-23-29(20-38(7,8)40(41,42)43)44-28-21-39(22-28)15-17-48(18-16-39)36(51)55-37(4,5)6/h9-14,19,28-29,44H,15-18,20-23H2,1-8H3,(H,49,50)(H,45,46,47)/t29-/m1/s1. The van der Waals surface area contributed by atoms with E-state index >= 15 is 0 Å². The minimum absolute atomic E-state index is 0.0224. The molecule has 0 unspecified atom stereocenters. The molecule has 12 nitrogen and oxygen atoms in total. The van der Waals surface area contributed by atoms with Crippen LogP contribution in [0.25, 0.3) is 11.3 Å². The number of hydrogen-bond donors (Lipinski definition) is 3. The van der Waals surface area contributed by atoms with Crippen molar-refractivity contribution in [3.8, 4) is 17.1 Å². The largest absolute Gasteiger partial charge is 0.478 e. The van der Waals surface area contributed by atoms with E-state index < -0.39 is 39.2 Å². The van der Waals surface area contributed by atoms with Crippen LogP contribution in [0.1, 0.15) is 93.8 Å². The molecule has 1 atom stereocenters. The van der Waals surface area contributed by atoms with Gasteiger partial charge in [0.1, 0.15) is 12.2 Å². The SMILES string of the molecule is Cc1cccc(C)c1-c1nc(NS(=O)(=O)c2cccc(C(=O)O)c2)nc(OC[C@@H](CC(C)(C)C(F)(F)F)NC2CC3(CCN(C(=O)OC(C)(C)C)CC3)C2)c1C. The Kier molecular flexibility index (Phi) is 12.1. The van der Waals surface area contributed by atoms with Crippen LogP contribution in [0.5, 0.6) is 5.88 Å². The number of amides is 1. The minimum Gasteiger partial charge on any atom is -0.478 e. The van der Waals surface area contributed by atoms with E-state index in [9.17, 15) is 36.3 Å². The zero-order valence-electron chi connectivity index (χ0n) is 33.1. The summed E-state index contributed by atoms with van der Waals surface area (Å²) in [6.07, 6.45) is -2.16. The first kappa shape index (κ1) is 42.7. The lowest BCUT2D eigenvalue weighted by molar-refractivity contribution is -0.216. The summed E-state index contributed by atoms with van der Waals surface area (Å²) in [5.41, 5.74) is 0.261. The highest BCUT2D eigenvalue weighted by atomic mass is 32.2. The van der Waals surface area contributed by atoms with Gasteiger partial charge in [0, 0.05) is 36.3 Å². The maximum Gasteiger partial charge on any atom is 0.410 e. The molecule has 2 heterocycles. The number of nitrogens with one attached hydrogen (secondary N) is 2. The number of nitrogens with zero attached hydrogens (tertiary/aromatic N) is 3. The number of carboxylic acid groups (broad SMARTS) is 1. The van der Waals surface area contributed by atoms with Crippen molar-refractivity contribution in [3.63, 3.8) is 0 Å². The molecule has 3 N–H and O–H groups in total. The summed E-state index contributed by atoms with van der Waals surface area (Å²) >= 11 is 0. The Bertz CT molecular complexity index is 2030. The molecule has 1 amide bonds. The predicted octanol–water partition coefficient (Wildman–Crippen LogP) is 8.06. The second-order valence-electron chi connectivity index (χ2n) is 16.9. The van der Waals surface area contributed by atoms with Gasteiger partial charge in [-0.05, 0) is 108 Å². The van der Waals surface area contributed by atoms with E-state index in [1.807, 2.05) is 52.8 Å². The van der Waals surface area contributed by atoms with Crippen LogP contribution in [0.2, 0.25) is 0 Å². The van der Waals surface area contributed by atoms with Gasteiger partial charge in [-0.15, -0.1) is 0 Å². The van der Waals surface area contributed by atoms with Gasteiger partial charge in [0.05, 0.1) is 21.6 Å². The molecule has 56 heavy (non-hydrogen) atoms. The van der Waals surface area contributed by atoms with Crippen LogP contribution in [-0.4, -0.2) is 84.0 Å². The predicted molar refractivity (Wildman–Crippen MR) is 205 cm³/mol. The molecule has 1 saturated heterocycles. The molecule has 1 spiro atoms. The summed E-state index contributed by atoms with van der Waals surface area (Å²) in [5, 5.41) is 12.8. The Balaban J connectivity index is 1.40. The lowest BCUT2D eigenvalue weighted by Crippen LogP contribution is -2.58. The van der Waals surface area contributed by atoms with Gasteiger partial charge in [-0.3, -0.25) is 0 Å². The fourth-order valence-corrected chi connectivity index (χ4v) is 8.49. The van der Waals surface area contributed by atoms with Gasteiger partial charge >= 0.3 is 18.2 Å². The molecular formula is C40H52F3N5O7S. The van der Waals surface area contributed by atoms with Gasteiger partial charge < -0.3 is 24.8 Å². The maximum atomic E-state index is 14.3. The Morgan fingerprint density at radius 2 is 1.59 bits per heavy atom. The zero-order chi connectivity index (χ0) is 41.4. The highest BCUT2D eigenvalue weighted by Crippen LogP contribution is 2.50. The average molecular weight is 804 g/mol. The number of carbonyl (C=O) groups is 2. The van der Waals surface area contributed by atoms with Gasteiger partial charge in [0.2, 0.25) is 11.8 Å². The quantitative estimate of drug-likeness (QED) is 0.163. The number of alkyl halides is 3. The number of piperidine rings is 1. The van der Waals surface area contributed by atoms with E-state index in [0.29, 0.717) is 29.9 Å². The monoisotopic (exact) mass is 803 g/mol. The molecule has 3 aromatic rings. The van der Waals surface area contributed by atoms with Crippen LogP contribution in [0.3, 0.4) is 0 Å². The molecule has 2 aromatic carbocycles.